The van der Waals surface area contributed by atoms with E-state index in [4.69, 9.17) is 9.47 Å². The number of aliphatic imine (C=N–C) groups is 1. The number of benzene rings is 1. The van der Waals surface area contributed by atoms with Gasteiger partial charge in [0.1, 0.15) is 22.8 Å². The molecule has 132 valence electrons. The van der Waals surface area contributed by atoms with Crippen molar-refractivity contribution in [2.75, 3.05) is 25.2 Å². The summed E-state index contributed by atoms with van der Waals surface area (Å²) in [6.07, 6.45) is 4.48. The van der Waals surface area contributed by atoms with Crippen molar-refractivity contribution < 1.29 is 19.4 Å². The normalized spacial score (nSPS) is 12.1. The Hall–Kier alpha value is -1.95. The molecule has 1 aromatic rings. The molecule has 0 radical (unpaired) electrons. The zero-order valence-corrected chi connectivity index (χ0v) is 15.3. The number of thioether (sulfide) groups is 1. The lowest BCUT2D eigenvalue weighted by molar-refractivity contribution is -0.138. The Morgan fingerprint density at radius 2 is 2.08 bits per heavy atom. The van der Waals surface area contributed by atoms with Gasteiger partial charge in [-0.05, 0) is 31.7 Å². The van der Waals surface area contributed by atoms with Gasteiger partial charge in [-0.1, -0.05) is 19.1 Å². The highest BCUT2D eigenvalue weighted by atomic mass is 32.2. The SMILES string of the molecule is CCCC(O)=C(C=Nc1ccccc1OCCSC)C(=O)OCC. The summed E-state index contributed by atoms with van der Waals surface area (Å²) in [6.45, 7) is 4.46. The zero-order chi connectivity index (χ0) is 17.8. The number of ether oxygens (including phenoxy) is 2. The number of aliphatic hydroxyl groups excluding tert-OH is 1. The highest BCUT2D eigenvalue weighted by Gasteiger charge is 2.14. The minimum absolute atomic E-state index is 0.0134. The Balaban J connectivity index is 3.01. The van der Waals surface area contributed by atoms with Crippen LogP contribution in [-0.4, -0.2) is 42.5 Å². The largest absolute Gasteiger partial charge is 0.511 e. The molecule has 0 heterocycles. The highest BCUT2D eigenvalue weighted by Crippen LogP contribution is 2.27. The molecule has 0 amide bonds. The highest BCUT2D eigenvalue weighted by molar-refractivity contribution is 7.98. The van der Waals surface area contributed by atoms with E-state index >= 15 is 0 Å². The van der Waals surface area contributed by atoms with Crippen molar-refractivity contribution in [3.05, 3.63) is 35.6 Å². The lowest BCUT2D eigenvalue weighted by atomic mass is 10.1. The molecule has 0 bridgehead atoms. The zero-order valence-electron chi connectivity index (χ0n) is 14.4. The van der Waals surface area contributed by atoms with Gasteiger partial charge in [0.05, 0.1) is 13.2 Å². The van der Waals surface area contributed by atoms with Gasteiger partial charge in [-0.25, -0.2) is 4.79 Å². The van der Waals surface area contributed by atoms with Crippen LogP contribution in [0.25, 0.3) is 0 Å². The quantitative estimate of drug-likeness (QED) is 0.224. The van der Waals surface area contributed by atoms with E-state index in [2.05, 4.69) is 4.99 Å². The first kappa shape index (κ1) is 20.1. The summed E-state index contributed by atoms with van der Waals surface area (Å²) in [7, 11) is 0. The van der Waals surface area contributed by atoms with Crippen LogP contribution in [0.3, 0.4) is 0 Å². The maximum Gasteiger partial charge on any atom is 0.343 e. The molecular weight excluding hydrogens is 326 g/mol. The third-order valence-electron chi connectivity index (χ3n) is 3.04. The first-order chi connectivity index (χ1) is 11.6. The van der Waals surface area contributed by atoms with Gasteiger partial charge in [-0.15, -0.1) is 0 Å². The second kappa shape index (κ2) is 11.6. The molecule has 1 rings (SSSR count). The van der Waals surface area contributed by atoms with Crippen molar-refractivity contribution in [3.8, 4) is 5.75 Å². The van der Waals surface area contributed by atoms with Crippen molar-refractivity contribution in [1.82, 2.24) is 0 Å². The fraction of sp³-hybridized carbons (Fsp3) is 0.444. The summed E-state index contributed by atoms with van der Waals surface area (Å²) >= 11 is 1.70. The summed E-state index contributed by atoms with van der Waals surface area (Å²) in [5.41, 5.74) is 0.683. The Morgan fingerprint density at radius 3 is 2.75 bits per heavy atom. The van der Waals surface area contributed by atoms with Crippen LogP contribution in [-0.2, 0) is 9.53 Å². The van der Waals surface area contributed by atoms with Crippen LogP contribution >= 0.6 is 11.8 Å². The maximum atomic E-state index is 12.0. The number of allylic oxidation sites excluding steroid dienone is 1. The van der Waals surface area contributed by atoms with Crippen LogP contribution in [0.2, 0.25) is 0 Å². The Kier molecular flexibility index (Phi) is 9.68. The van der Waals surface area contributed by atoms with Crippen LogP contribution in [0.15, 0.2) is 40.6 Å². The Morgan fingerprint density at radius 1 is 1.33 bits per heavy atom. The molecule has 0 saturated carbocycles. The van der Waals surface area contributed by atoms with Crippen LogP contribution in [0.5, 0.6) is 5.75 Å². The second-order valence-electron chi connectivity index (χ2n) is 4.90. The van der Waals surface area contributed by atoms with E-state index in [1.54, 1.807) is 24.8 Å². The van der Waals surface area contributed by atoms with Gasteiger partial charge in [0.15, 0.2) is 0 Å². The molecule has 0 unspecified atom stereocenters. The van der Waals surface area contributed by atoms with Crippen LogP contribution < -0.4 is 4.74 Å². The van der Waals surface area contributed by atoms with E-state index in [1.807, 2.05) is 31.4 Å². The van der Waals surface area contributed by atoms with Gasteiger partial charge in [0, 0.05) is 18.4 Å². The Labute approximate surface area is 147 Å². The molecule has 1 aromatic carbocycles. The topological polar surface area (TPSA) is 68.1 Å². The van der Waals surface area contributed by atoms with Crippen molar-refractivity contribution >= 4 is 29.6 Å². The fourth-order valence-electron chi connectivity index (χ4n) is 1.88. The minimum Gasteiger partial charge on any atom is -0.511 e. The molecule has 0 saturated heterocycles. The van der Waals surface area contributed by atoms with Crippen molar-refractivity contribution in [1.29, 1.82) is 0 Å². The van der Waals surface area contributed by atoms with Gasteiger partial charge in [0.25, 0.3) is 0 Å². The summed E-state index contributed by atoms with van der Waals surface area (Å²) in [6, 6.07) is 7.33. The van der Waals surface area contributed by atoms with Crippen LogP contribution in [0, 0.1) is 0 Å². The molecule has 0 aliphatic rings. The number of hydrogen-bond acceptors (Lipinski definition) is 6. The third-order valence-corrected chi connectivity index (χ3v) is 3.61. The van der Waals surface area contributed by atoms with Gasteiger partial charge >= 0.3 is 5.97 Å². The minimum atomic E-state index is -0.576. The molecule has 0 atom stereocenters. The molecule has 0 aliphatic carbocycles. The predicted octanol–water partition coefficient (Wildman–Crippen LogP) is 4.31. The van der Waals surface area contributed by atoms with Crippen LogP contribution in [0.1, 0.15) is 26.7 Å². The lowest BCUT2D eigenvalue weighted by Crippen LogP contribution is -2.11. The first-order valence-corrected chi connectivity index (χ1v) is 9.37. The predicted molar refractivity (Wildman–Crippen MR) is 99.7 cm³/mol. The number of para-hydroxylation sites is 2. The van der Waals surface area contributed by atoms with E-state index < -0.39 is 5.97 Å². The lowest BCUT2D eigenvalue weighted by Gasteiger charge is -2.08. The third kappa shape index (κ3) is 6.66. The van der Waals surface area contributed by atoms with Gasteiger partial charge in [-0.2, -0.15) is 11.8 Å². The number of carbonyl (C=O) groups is 1. The molecule has 1 N–H and O–H groups in total. The monoisotopic (exact) mass is 351 g/mol. The molecule has 6 heteroatoms. The van der Waals surface area contributed by atoms with E-state index in [9.17, 15) is 9.90 Å². The molecule has 0 spiro atoms. The van der Waals surface area contributed by atoms with E-state index in [-0.39, 0.29) is 17.9 Å². The number of aliphatic hydroxyl groups is 1. The first-order valence-electron chi connectivity index (χ1n) is 7.98. The average molecular weight is 351 g/mol. The van der Waals surface area contributed by atoms with Crippen molar-refractivity contribution in [2.45, 2.75) is 26.7 Å². The summed E-state index contributed by atoms with van der Waals surface area (Å²) in [5.74, 6) is 0.929. The summed E-state index contributed by atoms with van der Waals surface area (Å²) in [4.78, 5) is 16.3. The number of esters is 1. The standard InChI is InChI=1S/C18H25NO4S/c1-4-8-16(20)14(18(21)22-5-2)13-19-15-9-6-7-10-17(15)23-11-12-24-3/h6-7,9-10,13,20H,4-5,8,11-12H2,1-3H3. The van der Waals surface area contributed by atoms with Crippen LogP contribution in [0.4, 0.5) is 5.69 Å². The molecule has 24 heavy (non-hydrogen) atoms. The average Bonchev–Trinajstić information content (AvgIpc) is 2.57. The van der Waals surface area contributed by atoms with Gasteiger partial charge in [-0.3, -0.25) is 4.99 Å². The van der Waals surface area contributed by atoms with Crippen molar-refractivity contribution in [3.63, 3.8) is 0 Å². The van der Waals surface area contributed by atoms with Gasteiger partial charge < -0.3 is 14.6 Å². The number of rotatable bonds is 10. The Bertz CT molecular complexity index is 584. The van der Waals surface area contributed by atoms with E-state index in [1.165, 1.54) is 6.21 Å². The molecule has 5 nitrogen and oxygen atoms in total. The molecule has 0 aromatic heterocycles. The number of nitrogens with zero attached hydrogens (tertiary/aromatic N) is 1. The number of hydrogen-bond donors (Lipinski definition) is 1. The molecule has 0 aliphatic heterocycles. The second-order valence-corrected chi connectivity index (χ2v) is 5.88. The summed E-state index contributed by atoms with van der Waals surface area (Å²) < 4.78 is 10.7. The molecule has 0 fully saturated rings. The van der Waals surface area contributed by atoms with Gasteiger partial charge in [0.2, 0.25) is 0 Å². The van der Waals surface area contributed by atoms with Crippen molar-refractivity contribution in [2.24, 2.45) is 4.99 Å². The van der Waals surface area contributed by atoms with E-state index in [0.717, 1.165) is 12.2 Å². The maximum absolute atomic E-state index is 12.0. The smallest absolute Gasteiger partial charge is 0.343 e. The van der Waals surface area contributed by atoms with E-state index in [0.29, 0.717) is 24.5 Å². The fourth-order valence-corrected chi connectivity index (χ4v) is 2.13. The molecular formula is C18H25NO4S. The summed E-state index contributed by atoms with van der Waals surface area (Å²) in [5, 5.41) is 10.1. The number of carbonyl (C=O) groups excluding carboxylic acids is 1.